The van der Waals surface area contributed by atoms with E-state index in [-0.39, 0.29) is 0 Å². The Morgan fingerprint density at radius 1 is 0.696 bits per heavy atom. The Labute approximate surface area is 130 Å². The molecule has 0 aliphatic carbocycles. The van der Waals surface area contributed by atoms with Crippen LogP contribution in [0.5, 0.6) is 0 Å². The molecule has 0 saturated carbocycles. The van der Waals surface area contributed by atoms with Crippen LogP contribution in [0, 0.1) is 0 Å². The second-order valence-corrected chi connectivity index (χ2v) is 4.77. The minimum atomic E-state index is -6.00. The molecule has 0 rings (SSSR count). The highest BCUT2D eigenvalue weighted by molar-refractivity contribution is 6.50. The Morgan fingerprint density at radius 3 is 1.04 bits per heavy atom. The van der Waals surface area contributed by atoms with Gasteiger partial charge in [-0.1, -0.05) is 0 Å². The van der Waals surface area contributed by atoms with Gasteiger partial charge in [-0.15, -0.1) is 0 Å². The fraction of sp³-hybridized carbons (Fsp3) is 0.600. The Balaban J connectivity index is -0.000000329. The number of hydrogen-bond donors (Lipinski definition) is 0. The molecule has 0 spiro atoms. The van der Waals surface area contributed by atoms with Crippen LogP contribution in [0.15, 0.2) is 11.8 Å². The fourth-order valence-electron chi connectivity index (χ4n) is 0.994. The summed E-state index contributed by atoms with van der Waals surface area (Å²) < 4.78 is 82.1. The molecule has 0 atom stereocenters. The van der Waals surface area contributed by atoms with Crippen LogP contribution in [0.4, 0.5) is 34.5 Å². The molecule has 0 aromatic heterocycles. The van der Waals surface area contributed by atoms with E-state index < -0.39 is 14.5 Å². The van der Waals surface area contributed by atoms with Crippen molar-refractivity contribution in [1.29, 1.82) is 0 Å². The SMILES string of the molecule is CN(C)C=C(C=[N+](C)C)C=[N+](C)C.F[B-](F)(F)F.F[B-](F)(F)F. The number of halogens is 8. The van der Waals surface area contributed by atoms with Crippen LogP contribution in [0.3, 0.4) is 0 Å². The smallest absolute Gasteiger partial charge is 0.418 e. The highest BCUT2D eigenvalue weighted by Gasteiger charge is 2.21. The zero-order valence-electron chi connectivity index (χ0n) is 13.8. The van der Waals surface area contributed by atoms with Gasteiger partial charge in [-0.2, -0.15) is 0 Å². The monoisotopic (exact) mass is 357 g/mol. The Morgan fingerprint density at radius 2 is 0.913 bits per heavy atom. The average molecular weight is 357 g/mol. The molecule has 0 N–H and O–H groups in total. The van der Waals surface area contributed by atoms with Gasteiger partial charge in [0.1, 0.15) is 33.8 Å². The van der Waals surface area contributed by atoms with Crippen LogP contribution in [0.25, 0.3) is 0 Å². The van der Waals surface area contributed by atoms with Gasteiger partial charge in [-0.05, 0) is 0 Å². The fourth-order valence-corrected chi connectivity index (χ4v) is 0.994. The van der Waals surface area contributed by atoms with E-state index in [9.17, 15) is 34.5 Å². The predicted octanol–water partition coefficient (Wildman–Crippen LogP) is 2.72. The molecule has 0 saturated heterocycles. The molecule has 0 unspecified atom stereocenters. The normalized spacial score (nSPS) is 10.2. The zero-order valence-corrected chi connectivity index (χ0v) is 13.8. The van der Waals surface area contributed by atoms with E-state index in [2.05, 4.69) is 18.6 Å². The summed E-state index contributed by atoms with van der Waals surface area (Å²) in [6, 6.07) is 0. The van der Waals surface area contributed by atoms with E-state index in [4.69, 9.17) is 0 Å². The number of hydrogen-bond acceptors (Lipinski definition) is 1. The maximum Gasteiger partial charge on any atom is 0.673 e. The molecule has 138 valence electrons. The molecule has 3 nitrogen and oxygen atoms in total. The van der Waals surface area contributed by atoms with Gasteiger partial charge in [0.25, 0.3) is 0 Å². The lowest BCUT2D eigenvalue weighted by Crippen LogP contribution is -2.11. The molecular formula is C10H21B2F8N3. The van der Waals surface area contributed by atoms with Gasteiger partial charge in [0.05, 0.1) is 0 Å². The van der Waals surface area contributed by atoms with Gasteiger partial charge in [0, 0.05) is 20.3 Å². The summed E-state index contributed by atoms with van der Waals surface area (Å²) in [7, 11) is 0.125. The molecule has 23 heavy (non-hydrogen) atoms. The Hall–Kier alpha value is -1.55. The first-order chi connectivity index (χ1) is 9.91. The van der Waals surface area contributed by atoms with E-state index in [0.717, 1.165) is 0 Å². The lowest BCUT2D eigenvalue weighted by atomic mass is 10.3. The summed E-state index contributed by atoms with van der Waals surface area (Å²) in [5.74, 6) is 0. The molecule has 0 amide bonds. The predicted molar refractivity (Wildman–Crippen MR) is 78.5 cm³/mol. The van der Waals surface area contributed by atoms with Crippen molar-refractivity contribution < 1.29 is 43.7 Å². The largest absolute Gasteiger partial charge is 0.673 e. The van der Waals surface area contributed by atoms with Gasteiger partial charge < -0.3 is 39.4 Å². The number of nitrogens with zero attached hydrogens (tertiary/aromatic N) is 3. The van der Waals surface area contributed by atoms with Gasteiger partial charge in [0.2, 0.25) is 0 Å². The number of rotatable bonds is 3. The maximum atomic E-state index is 9.75. The summed E-state index contributed by atoms with van der Waals surface area (Å²) in [4.78, 5) is 2.04. The van der Waals surface area contributed by atoms with Crippen molar-refractivity contribution in [2.24, 2.45) is 0 Å². The molecule has 13 heteroatoms. The van der Waals surface area contributed by atoms with Crippen LogP contribution >= 0.6 is 0 Å². The Kier molecular flexibility index (Phi) is 13.7. The molecule has 0 aromatic carbocycles. The highest BCUT2D eigenvalue weighted by Crippen LogP contribution is 2.07. The molecule has 0 aliphatic heterocycles. The Bertz CT molecular complexity index is 361. The first-order valence-electron chi connectivity index (χ1n) is 6.07. The molecule has 0 heterocycles. The average Bonchev–Trinajstić information content (AvgIpc) is 2.06. The summed E-state index contributed by atoms with van der Waals surface area (Å²) >= 11 is 0. The van der Waals surface area contributed by atoms with Crippen molar-refractivity contribution in [3.05, 3.63) is 11.8 Å². The van der Waals surface area contributed by atoms with Crippen molar-refractivity contribution in [2.75, 3.05) is 42.3 Å². The maximum absolute atomic E-state index is 9.75. The molecule has 0 radical (unpaired) electrons. The van der Waals surface area contributed by atoms with Crippen molar-refractivity contribution in [1.82, 2.24) is 4.90 Å². The van der Waals surface area contributed by atoms with E-state index in [1.54, 1.807) is 0 Å². The number of allylic oxidation sites excluding steroid dienone is 1. The summed E-state index contributed by atoms with van der Waals surface area (Å²) in [5.41, 5.74) is 1.18. The standard InChI is InChI=1S/C10H21N3.2BF4/c1-11(2)7-10(8-12(3)4)9-13(5)6;2*2-1(3,4)5/h7-9H,1-6H3;;/q+2;2*-1. The quantitative estimate of drug-likeness (QED) is 0.327. The van der Waals surface area contributed by atoms with E-state index in [1.807, 2.05) is 56.3 Å². The first-order valence-corrected chi connectivity index (χ1v) is 6.07. The second kappa shape index (κ2) is 11.9. The third-order valence-corrected chi connectivity index (χ3v) is 1.22. The van der Waals surface area contributed by atoms with E-state index in [1.165, 1.54) is 5.57 Å². The molecule has 0 aromatic rings. The third kappa shape index (κ3) is 63.7. The molecule has 0 bridgehead atoms. The van der Waals surface area contributed by atoms with Gasteiger partial charge >= 0.3 is 14.5 Å². The van der Waals surface area contributed by atoms with Gasteiger partial charge in [0.15, 0.2) is 12.4 Å². The van der Waals surface area contributed by atoms with Crippen LogP contribution < -0.4 is 0 Å². The minimum absolute atomic E-state index is 1.18. The van der Waals surface area contributed by atoms with Gasteiger partial charge in [-0.3, -0.25) is 0 Å². The van der Waals surface area contributed by atoms with Crippen molar-refractivity contribution in [3.8, 4) is 0 Å². The van der Waals surface area contributed by atoms with E-state index >= 15 is 0 Å². The second-order valence-electron chi connectivity index (χ2n) is 4.77. The molecule has 0 fully saturated rings. The topological polar surface area (TPSA) is 9.26 Å². The lowest BCUT2D eigenvalue weighted by Gasteiger charge is -2.03. The third-order valence-electron chi connectivity index (χ3n) is 1.22. The van der Waals surface area contributed by atoms with E-state index in [0.29, 0.717) is 0 Å². The lowest BCUT2D eigenvalue weighted by molar-refractivity contribution is -0.462. The minimum Gasteiger partial charge on any atom is -0.418 e. The summed E-state index contributed by atoms with van der Waals surface area (Å²) in [6.07, 6.45) is 6.25. The highest BCUT2D eigenvalue weighted by atomic mass is 19.5. The van der Waals surface area contributed by atoms with Crippen LogP contribution in [-0.4, -0.2) is 83.3 Å². The summed E-state index contributed by atoms with van der Waals surface area (Å²) in [6.45, 7) is 0. The van der Waals surface area contributed by atoms with Crippen molar-refractivity contribution in [3.63, 3.8) is 0 Å². The van der Waals surface area contributed by atoms with Gasteiger partial charge in [-0.25, -0.2) is 9.15 Å². The van der Waals surface area contributed by atoms with Crippen molar-refractivity contribution >= 4 is 26.9 Å². The van der Waals surface area contributed by atoms with Crippen LogP contribution in [0.2, 0.25) is 0 Å². The van der Waals surface area contributed by atoms with Crippen molar-refractivity contribution in [2.45, 2.75) is 0 Å². The molecule has 0 aliphatic rings. The van der Waals surface area contributed by atoms with Crippen LogP contribution in [-0.2, 0) is 0 Å². The zero-order chi connectivity index (χ0) is 19.4. The molecular weight excluding hydrogens is 336 g/mol. The van der Waals surface area contributed by atoms with Crippen LogP contribution in [0.1, 0.15) is 0 Å². The summed E-state index contributed by atoms with van der Waals surface area (Å²) in [5, 5.41) is 0. The first kappa shape index (κ1) is 26.4.